The van der Waals surface area contributed by atoms with Gasteiger partial charge in [0.25, 0.3) is 0 Å². The lowest BCUT2D eigenvalue weighted by Crippen LogP contribution is -2.28. The smallest absolute Gasteiger partial charge is 0.224 e. The summed E-state index contributed by atoms with van der Waals surface area (Å²) >= 11 is 0. The monoisotopic (exact) mass is 258 g/mol. The number of hydrogen-bond acceptors (Lipinski definition) is 3. The number of carbonyl (C=O) groups excluding carboxylic acids is 1. The van der Waals surface area contributed by atoms with E-state index in [9.17, 15) is 4.79 Å². The van der Waals surface area contributed by atoms with Crippen LogP contribution in [-0.4, -0.2) is 22.2 Å². The quantitative estimate of drug-likeness (QED) is 0.801. The molecule has 5 heteroatoms. The van der Waals surface area contributed by atoms with Crippen LogP contribution in [-0.2, 0) is 24.3 Å². The van der Waals surface area contributed by atoms with E-state index in [-0.39, 0.29) is 5.91 Å². The first-order valence-corrected chi connectivity index (χ1v) is 6.30. The second-order valence-electron chi connectivity index (χ2n) is 4.32. The van der Waals surface area contributed by atoms with Gasteiger partial charge in [0.05, 0.1) is 13.0 Å². The Hall–Kier alpha value is -2.14. The number of nitrogens with two attached hydrogens (primary N) is 1. The molecule has 1 aromatic heterocycles. The molecule has 0 aliphatic rings. The Bertz CT molecular complexity index is 505. The fourth-order valence-electron chi connectivity index (χ4n) is 1.78. The van der Waals surface area contributed by atoms with Gasteiger partial charge in [0.1, 0.15) is 0 Å². The highest BCUT2D eigenvalue weighted by Crippen LogP contribution is 2.04. The fraction of sp³-hybridized carbons (Fsp3) is 0.286. The Kier molecular flexibility index (Phi) is 4.69. The van der Waals surface area contributed by atoms with E-state index >= 15 is 0 Å². The molecule has 0 radical (unpaired) electrons. The van der Waals surface area contributed by atoms with Gasteiger partial charge in [-0.1, -0.05) is 24.3 Å². The van der Waals surface area contributed by atoms with Gasteiger partial charge in [-0.15, -0.1) is 0 Å². The van der Waals surface area contributed by atoms with Gasteiger partial charge in [-0.25, -0.2) is 0 Å². The van der Waals surface area contributed by atoms with Gasteiger partial charge in [-0.2, -0.15) is 5.10 Å². The Labute approximate surface area is 112 Å². The van der Waals surface area contributed by atoms with Gasteiger partial charge in [0.15, 0.2) is 0 Å². The van der Waals surface area contributed by atoms with Crippen molar-refractivity contribution < 1.29 is 4.79 Å². The van der Waals surface area contributed by atoms with Crippen LogP contribution in [0.1, 0.15) is 11.1 Å². The molecule has 0 atom stereocenters. The van der Waals surface area contributed by atoms with Crippen molar-refractivity contribution in [3.05, 3.63) is 53.9 Å². The Balaban J connectivity index is 1.74. The van der Waals surface area contributed by atoms with Crippen LogP contribution in [0.5, 0.6) is 0 Å². The molecule has 1 aromatic carbocycles. The topological polar surface area (TPSA) is 72.9 Å². The summed E-state index contributed by atoms with van der Waals surface area (Å²) in [7, 11) is 0. The number of nitrogens with zero attached hydrogens (tertiary/aromatic N) is 2. The van der Waals surface area contributed by atoms with E-state index in [0.29, 0.717) is 26.1 Å². The molecule has 0 aliphatic heterocycles. The lowest BCUT2D eigenvalue weighted by atomic mass is 10.1. The summed E-state index contributed by atoms with van der Waals surface area (Å²) in [5.74, 6) is 0.0210. The van der Waals surface area contributed by atoms with E-state index < -0.39 is 0 Å². The third-order valence-corrected chi connectivity index (χ3v) is 2.85. The molecule has 0 unspecified atom stereocenters. The van der Waals surface area contributed by atoms with E-state index in [1.807, 2.05) is 36.5 Å². The first kappa shape index (κ1) is 13.3. The summed E-state index contributed by atoms with van der Waals surface area (Å²) in [5, 5.41) is 6.94. The predicted octanol–water partition coefficient (Wildman–Crippen LogP) is 0.701. The van der Waals surface area contributed by atoms with Gasteiger partial charge in [-0.3, -0.25) is 9.48 Å². The van der Waals surface area contributed by atoms with Crippen molar-refractivity contribution in [3.8, 4) is 0 Å². The summed E-state index contributed by atoms with van der Waals surface area (Å²) in [4.78, 5) is 11.7. The first-order valence-electron chi connectivity index (χ1n) is 6.30. The summed E-state index contributed by atoms with van der Waals surface area (Å²) < 4.78 is 1.79. The van der Waals surface area contributed by atoms with Crippen LogP contribution < -0.4 is 11.1 Å². The highest BCUT2D eigenvalue weighted by Gasteiger charge is 2.02. The van der Waals surface area contributed by atoms with Crippen LogP contribution in [0.4, 0.5) is 0 Å². The second-order valence-corrected chi connectivity index (χ2v) is 4.32. The van der Waals surface area contributed by atoms with Crippen LogP contribution in [0.15, 0.2) is 42.7 Å². The van der Waals surface area contributed by atoms with Crippen molar-refractivity contribution in [2.75, 3.05) is 6.54 Å². The van der Waals surface area contributed by atoms with Crippen LogP contribution >= 0.6 is 0 Å². The third kappa shape index (κ3) is 4.22. The molecular weight excluding hydrogens is 240 g/mol. The molecular formula is C14H18N4O. The zero-order chi connectivity index (χ0) is 13.5. The minimum Gasteiger partial charge on any atom is -0.354 e. The maximum atomic E-state index is 11.7. The third-order valence-electron chi connectivity index (χ3n) is 2.85. The van der Waals surface area contributed by atoms with Crippen molar-refractivity contribution in [3.63, 3.8) is 0 Å². The molecule has 5 nitrogen and oxygen atoms in total. The van der Waals surface area contributed by atoms with Crippen LogP contribution in [0.3, 0.4) is 0 Å². The molecule has 0 spiro atoms. The summed E-state index contributed by atoms with van der Waals surface area (Å²) in [6.07, 6.45) is 3.99. The number of hydrogen-bond donors (Lipinski definition) is 2. The maximum absolute atomic E-state index is 11.7. The number of rotatable bonds is 6. The second kappa shape index (κ2) is 6.70. The van der Waals surface area contributed by atoms with E-state index in [4.69, 9.17) is 5.73 Å². The largest absolute Gasteiger partial charge is 0.354 e. The van der Waals surface area contributed by atoms with Crippen molar-refractivity contribution in [2.24, 2.45) is 5.73 Å². The van der Waals surface area contributed by atoms with Crippen molar-refractivity contribution in [2.45, 2.75) is 19.5 Å². The molecule has 2 aromatic rings. The first-order chi connectivity index (χ1) is 9.28. The molecule has 0 saturated heterocycles. The van der Waals surface area contributed by atoms with E-state index in [0.717, 1.165) is 11.1 Å². The summed E-state index contributed by atoms with van der Waals surface area (Å²) in [6.45, 7) is 1.79. The fourth-order valence-corrected chi connectivity index (χ4v) is 1.78. The van der Waals surface area contributed by atoms with Crippen LogP contribution in [0.25, 0.3) is 0 Å². The van der Waals surface area contributed by atoms with Gasteiger partial charge in [-0.05, 0) is 17.2 Å². The molecule has 2 rings (SSSR count). The molecule has 1 amide bonds. The molecule has 1 heterocycles. The number of nitrogens with one attached hydrogen (secondary N) is 1. The van der Waals surface area contributed by atoms with Gasteiger partial charge in [0.2, 0.25) is 5.91 Å². The molecule has 19 heavy (non-hydrogen) atoms. The van der Waals surface area contributed by atoms with Crippen molar-refractivity contribution in [1.82, 2.24) is 15.1 Å². The average molecular weight is 258 g/mol. The zero-order valence-corrected chi connectivity index (χ0v) is 10.7. The predicted molar refractivity (Wildman–Crippen MR) is 73.3 cm³/mol. The maximum Gasteiger partial charge on any atom is 0.224 e. The molecule has 0 bridgehead atoms. The Morgan fingerprint density at radius 1 is 1.26 bits per heavy atom. The normalized spacial score (nSPS) is 10.4. The summed E-state index contributed by atoms with van der Waals surface area (Å²) in [6, 6.07) is 9.64. The standard InChI is InChI=1S/C14H18N4O/c15-11-13-4-2-12(3-5-13)10-14(19)16-7-9-18-8-1-6-17-18/h1-6,8H,7,9-11,15H2,(H,16,19). The van der Waals surface area contributed by atoms with Gasteiger partial charge < -0.3 is 11.1 Å². The molecule has 0 aliphatic carbocycles. The molecule has 3 N–H and O–H groups in total. The van der Waals surface area contributed by atoms with Crippen LogP contribution in [0, 0.1) is 0 Å². The molecule has 0 fully saturated rings. The van der Waals surface area contributed by atoms with Gasteiger partial charge >= 0.3 is 0 Å². The number of aromatic nitrogens is 2. The SMILES string of the molecule is NCc1ccc(CC(=O)NCCn2cccn2)cc1. The van der Waals surface area contributed by atoms with E-state index in [2.05, 4.69) is 10.4 Å². The minimum absolute atomic E-state index is 0.0210. The number of benzene rings is 1. The molecule has 100 valence electrons. The highest BCUT2D eigenvalue weighted by molar-refractivity contribution is 5.78. The van der Waals surface area contributed by atoms with Gasteiger partial charge in [0, 0.05) is 25.5 Å². The summed E-state index contributed by atoms with van der Waals surface area (Å²) in [5.41, 5.74) is 7.59. The number of amides is 1. The lowest BCUT2D eigenvalue weighted by molar-refractivity contribution is -0.120. The molecule has 0 saturated carbocycles. The minimum atomic E-state index is 0.0210. The van der Waals surface area contributed by atoms with E-state index in [1.54, 1.807) is 10.9 Å². The Morgan fingerprint density at radius 3 is 2.63 bits per heavy atom. The lowest BCUT2D eigenvalue weighted by Gasteiger charge is -2.06. The highest BCUT2D eigenvalue weighted by atomic mass is 16.1. The number of carbonyl (C=O) groups is 1. The van der Waals surface area contributed by atoms with Crippen molar-refractivity contribution in [1.29, 1.82) is 0 Å². The van der Waals surface area contributed by atoms with Crippen molar-refractivity contribution >= 4 is 5.91 Å². The van der Waals surface area contributed by atoms with E-state index in [1.165, 1.54) is 0 Å². The Morgan fingerprint density at radius 2 is 2.00 bits per heavy atom. The average Bonchev–Trinajstić information content (AvgIpc) is 2.93. The van der Waals surface area contributed by atoms with Crippen LogP contribution in [0.2, 0.25) is 0 Å². The zero-order valence-electron chi connectivity index (χ0n) is 10.7.